The molecule has 0 spiro atoms. The number of amides is 1. The van der Waals surface area contributed by atoms with Crippen molar-refractivity contribution in [2.24, 2.45) is 11.0 Å². The van der Waals surface area contributed by atoms with Crippen molar-refractivity contribution in [3.63, 3.8) is 0 Å². The summed E-state index contributed by atoms with van der Waals surface area (Å²) in [5.74, 6) is -0.465. The van der Waals surface area contributed by atoms with Gasteiger partial charge in [0.2, 0.25) is 0 Å². The molecule has 2 atom stereocenters. The van der Waals surface area contributed by atoms with Gasteiger partial charge >= 0.3 is 0 Å². The van der Waals surface area contributed by atoms with Gasteiger partial charge in [-0.25, -0.2) is 9.40 Å². The van der Waals surface area contributed by atoms with Gasteiger partial charge in [0.25, 0.3) is 5.91 Å². The van der Waals surface area contributed by atoms with Gasteiger partial charge in [0.05, 0.1) is 11.8 Å². The zero-order valence-electron chi connectivity index (χ0n) is 21.9. The van der Waals surface area contributed by atoms with Crippen LogP contribution in [0.4, 0.5) is 15.8 Å². The molecule has 1 aliphatic carbocycles. The molecule has 1 saturated carbocycles. The van der Waals surface area contributed by atoms with E-state index >= 15 is 0 Å². The Morgan fingerprint density at radius 1 is 0.892 bits per heavy atom. The standard InChI is InChI=1S/C31H33FN4O/c1-34(2)26-16-8-21(9-17-26)20-24-6-5-7-28-29(24)33-36(31(37)23-10-14-25(32)15-11-23)30(28)22-12-18-27(19-13-22)35(3)4/h8-20,28,30H,5-7H2,1-4H3/b24-20-. The van der Waals surface area contributed by atoms with Crippen molar-refractivity contribution in [1.29, 1.82) is 0 Å². The highest BCUT2D eigenvalue weighted by Gasteiger charge is 2.44. The van der Waals surface area contributed by atoms with E-state index in [1.165, 1.54) is 29.8 Å². The van der Waals surface area contributed by atoms with Gasteiger partial charge in [-0.2, -0.15) is 5.10 Å². The monoisotopic (exact) mass is 496 g/mol. The summed E-state index contributed by atoms with van der Waals surface area (Å²) >= 11 is 0. The minimum absolute atomic E-state index is 0.107. The topological polar surface area (TPSA) is 39.1 Å². The van der Waals surface area contributed by atoms with Crippen LogP contribution in [0.1, 0.15) is 46.8 Å². The number of allylic oxidation sites excluding steroid dienone is 1. The number of carbonyl (C=O) groups is 1. The number of hydrogen-bond acceptors (Lipinski definition) is 4. The van der Waals surface area contributed by atoms with E-state index in [9.17, 15) is 9.18 Å². The summed E-state index contributed by atoms with van der Waals surface area (Å²) in [6.45, 7) is 0. The molecule has 3 aromatic rings. The first kappa shape index (κ1) is 24.8. The maximum atomic E-state index is 13.7. The van der Waals surface area contributed by atoms with Gasteiger partial charge in [-0.1, -0.05) is 24.3 Å². The zero-order chi connectivity index (χ0) is 26.1. The second-order valence-corrected chi connectivity index (χ2v) is 10.2. The number of rotatable bonds is 5. The molecule has 0 aromatic heterocycles. The normalized spacial score (nSPS) is 20.0. The average molecular weight is 497 g/mol. The van der Waals surface area contributed by atoms with E-state index in [0.29, 0.717) is 5.56 Å². The Morgan fingerprint density at radius 3 is 2.08 bits per heavy atom. The summed E-state index contributed by atoms with van der Waals surface area (Å²) in [4.78, 5) is 17.8. The maximum Gasteiger partial charge on any atom is 0.274 e. The minimum atomic E-state index is -0.362. The predicted octanol–water partition coefficient (Wildman–Crippen LogP) is 6.39. The Labute approximate surface area is 218 Å². The molecule has 0 radical (unpaired) electrons. The smallest absolute Gasteiger partial charge is 0.274 e. The summed E-state index contributed by atoms with van der Waals surface area (Å²) in [5, 5.41) is 6.60. The van der Waals surface area contributed by atoms with E-state index in [1.54, 1.807) is 5.01 Å². The fraction of sp³-hybridized carbons (Fsp3) is 0.290. The molecular formula is C31H33FN4O. The van der Waals surface area contributed by atoms with Gasteiger partial charge in [0.1, 0.15) is 5.82 Å². The molecule has 3 aromatic carbocycles. The van der Waals surface area contributed by atoms with Crippen molar-refractivity contribution in [2.45, 2.75) is 25.3 Å². The van der Waals surface area contributed by atoms with Gasteiger partial charge in [-0.15, -0.1) is 0 Å². The molecule has 37 heavy (non-hydrogen) atoms. The number of anilines is 2. The molecule has 2 unspecified atom stereocenters. The van der Waals surface area contributed by atoms with E-state index in [-0.39, 0.29) is 23.7 Å². The van der Waals surface area contributed by atoms with Crippen LogP contribution in [0.3, 0.4) is 0 Å². The van der Waals surface area contributed by atoms with Crippen molar-refractivity contribution < 1.29 is 9.18 Å². The Balaban J connectivity index is 1.54. The summed E-state index contributed by atoms with van der Waals surface area (Å²) < 4.78 is 13.6. The van der Waals surface area contributed by atoms with E-state index < -0.39 is 0 Å². The fourth-order valence-corrected chi connectivity index (χ4v) is 5.27. The molecule has 1 heterocycles. The van der Waals surface area contributed by atoms with Crippen molar-refractivity contribution in [1.82, 2.24) is 5.01 Å². The van der Waals surface area contributed by atoms with Crippen LogP contribution >= 0.6 is 0 Å². The highest BCUT2D eigenvalue weighted by molar-refractivity contribution is 6.09. The molecule has 1 amide bonds. The van der Waals surface area contributed by atoms with E-state index in [1.807, 2.05) is 28.2 Å². The van der Waals surface area contributed by atoms with Gasteiger partial charge in [0, 0.05) is 51.0 Å². The van der Waals surface area contributed by atoms with Crippen LogP contribution in [0.15, 0.2) is 83.5 Å². The number of hydrazone groups is 1. The van der Waals surface area contributed by atoms with Crippen LogP contribution in [0, 0.1) is 11.7 Å². The number of benzene rings is 3. The van der Waals surface area contributed by atoms with Gasteiger partial charge in [0.15, 0.2) is 0 Å². The molecule has 0 N–H and O–H groups in total. The van der Waals surface area contributed by atoms with Crippen LogP contribution in [0.25, 0.3) is 6.08 Å². The van der Waals surface area contributed by atoms with Crippen molar-refractivity contribution >= 4 is 29.1 Å². The van der Waals surface area contributed by atoms with E-state index in [0.717, 1.165) is 47.5 Å². The molecule has 1 fully saturated rings. The molecule has 0 saturated heterocycles. The Kier molecular flexibility index (Phi) is 6.83. The van der Waals surface area contributed by atoms with Gasteiger partial charge < -0.3 is 9.80 Å². The number of fused-ring (bicyclic) bond motifs is 1. The van der Waals surface area contributed by atoms with Crippen molar-refractivity contribution in [2.75, 3.05) is 38.0 Å². The summed E-state index contributed by atoms with van der Waals surface area (Å²) in [7, 11) is 8.09. The summed E-state index contributed by atoms with van der Waals surface area (Å²) in [6, 6.07) is 22.4. The second-order valence-electron chi connectivity index (χ2n) is 10.2. The molecule has 0 bridgehead atoms. The van der Waals surface area contributed by atoms with Crippen molar-refractivity contribution in [3.05, 3.63) is 101 Å². The zero-order valence-corrected chi connectivity index (χ0v) is 21.9. The van der Waals surface area contributed by atoms with Crippen molar-refractivity contribution in [3.8, 4) is 0 Å². The quantitative estimate of drug-likeness (QED) is 0.411. The molecule has 1 aliphatic heterocycles. The molecule has 5 nitrogen and oxygen atoms in total. The first-order chi connectivity index (χ1) is 17.8. The lowest BCUT2D eigenvalue weighted by atomic mass is 9.77. The minimum Gasteiger partial charge on any atom is -0.378 e. The highest BCUT2D eigenvalue weighted by atomic mass is 19.1. The number of halogens is 1. The predicted molar refractivity (Wildman–Crippen MR) is 150 cm³/mol. The summed E-state index contributed by atoms with van der Waals surface area (Å²) in [6.07, 6.45) is 5.14. The average Bonchev–Trinajstić information content (AvgIpc) is 3.30. The third-order valence-corrected chi connectivity index (χ3v) is 7.30. The lowest BCUT2D eigenvalue weighted by molar-refractivity contribution is 0.0681. The fourth-order valence-electron chi connectivity index (χ4n) is 5.27. The molecule has 190 valence electrons. The lowest BCUT2D eigenvalue weighted by Gasteiger charge is -2.30. The Morgan fingerprint density at radius 2 is 1.49 bits per heavy atom. The number of hydrogen-bond donors (Lipinski definition) is 0. The van der Waals surface area contributed by atoms with Crippen LogP contribution in [0.5, 0.6) is 0 Å². The van der Waals surface area contributed by atoms with Crippen LogP contribution in [-0.4, -0.2) is 44.8 Å². The van der Waals surface area contributed by atoms with Crippen LogP contribution < -0.4 is 9.80 Å². The molecule has 6 heteroatoms. The highest BCUT2D eigenvalue weighted by Crippen LogP contribution is 2.45. The van der Waals surface area contributed by atoms with Crippen LogP contribution in [-0.2, 0) is 0 Å². The Hall–Kier alpha value is -3.93. The first-order valence-corrected chi connectivity index (χ1v) is 12.7. The number of carbonyl (C=O) groups excluding carboxylic acids is 1. The van der Waals surface area contributed by atoms with Crippen LogP contribution in [0.2, 0.25) is 0 Å². The van der Waals surface area contributed by atoms with E-state index in [2.05, 4.69) is 64.4 Å². The molecular weight excluding hydrogens is 463 g/mol. The second kappa shape index (κ2) is 10.2. The Bertz CT molecular complexity index is 1330. The third kappa shape index (κ3) is 5.01. The number of nitrogens with zero attached hydrogens (tertiary/aromatic N) is 4. The maximum absolute atomic E-state index is 13.7. The van der Waals surface area contributed by atoms with Gasteiger partial charge in [-0.05, 0) is 90.6 Å². The SMILES string of the molecule is CN(C)c1ccc(/C=C2/CCCC3C2=NN(C(=O)c2ccc(F)cc2)C3c2ccc(N(C)C)cc2)cc1. The third-order valence-electron chi connectivity index (χ3n) is 7.30. The molecule has 5 rings (SSSR count). The van der Waals surface area contributed by atoms with Gasteiger partial charge in [-0.3, -0.25) is 4.79 Å². The van der Waals surface area contributed by atoms with E-state index in [4.69, 9.17) is 5.10 Å². The molecule has 2 aliphatic rings. The first-order valence-electron chi connectivity index (χ1n) is 12.7. The summed E-state index contributed by atoms with van der Waals surface area (Å²) in [5.41, 5.74) is 7.03. The largest absolute Gasteiger partial charge is 0.378 e. The lowest BCUT2D eigenvalue weighted by Crippen LogP contribution is -2.32.